The van der Waals surface area contributed by atoms with Gasteiger partial charge in [-0.1, -0.05) is 18.2 Å². The highest BCUT2D eigenvalue weighted by molar-refractivity contribution is 5.95. The quantitative estimate of drug-likeness (QED) is 0.847. The molecule has 1 amide bonds. The summed E-state index contributed by atoms with van der Waals surface area (Å²) in [6.07, 6.45) is 2.55. The maximum absolute atomic E-state index is 12.8. The van der Waals surface area contributed by atoms with E-state index in [1.165, 1.54) is 0 Å². The highest BCUT2D eigenvalue weighted by Crippen LogP contribution is 2.34. The zero-order valence-electron chi connectivity index (χ0n) is 14.1. The van der Waals surface area contributed by atoms with Crippen LogP contribution in [0.2, 0.25) is 0 Å². The number of methoxy groups -OCH3 is 1. The number of likely N-dealkylation sites (tertiary alicyclic amines) is 1. The first-order valence-electron chi connectivity index (χ1n) is 8.24. The van der Waals surface area contributed by atoms with E-state index in [0.717, 1.165) is 17.7 Å². The number of carbonyl (C=O) groups is 1. The van der Waals surface area contributed by atoms with E-state index in [1.54, 1.807) is 25.4 Å². The van der Waals surface area contributed by atoms with E-state index in [2.05, 4.69) is 11.1 Å². The van der Waals surface area contributed by atoms with Crippen LogP contribution in [-0.4, -0.2) is 42.6 Å². The molecule has 1 aliphatic heterocycles. The Hall–Kier alpha value is -2.56. The third kappa shape index (κ3) is 3.20. The molecule has 1 atom stereocenters. The Morgan fingerprint density at radius 3 is 2.83 bits per heavy atom. The first-order valence-corrected chi connectivity index (χ1v) is 8.24. The molecule has 0 bridgehead atoms. The van der Waals surface area contributed by atoms with Gasteiger partial charge in [-0.2, -0.15) is 0 Å². The number of pyridine rings is 1. The average molecular weight is 326 g/mol. The van der Waals surface area contributed by atoms with E-state index >= 15 is 0 Å². The molecule has 1 saturated heterocycles. The van der Waals surface area contributed by atoms with Crippen LogP contribution >= 0.6 is 0 Å². The molecule has 0 radical (unpaired) electrons. The highest BCUT2D eigenvalue weighted by atomic mass is 16.5. The van der Waals surface area contributed by atoms with Gasteiger partial charge in [0.2, 0.25) is 0 Å². The molecule has 1 unspecified atom stereocenters. The van der Waals surface area contributed by atoms with Gasteiger partial charge in [0.05, 0.1) is 13.7 Å². The van der Waals surface area contributed by atoms with Crippen LogP contribution in [0.5, 0.6) is 11.5 Å². The second-order valence-electron chi connectivity index (χ2n) is 5.76. The van der Waals surface area contributed by atoms with Crippen molar-refractivity contribution in [1.82, 2.24) is 9.88 Å². The lowest BCUT2D eigenvalue weighted by atomic mass is 9.97. The van der Waals surface area contributed by atoms with Crippen molar-refractivity contribution in [2.45, 2.75) is 19.3 Å². The molecule has 3 rings (SSSR count). The molecule has 2 aromatic rings. The number of aromatic nitrogens is 1. The lowest BCUT2D eigenvalue weighted by Gasteiger charge is -2.18. The van der Waals surface area contributed by atoms with Gasteiger partial charge < -0.3 is 14.4 Å². The molecule has 1 fully saturated rings. The summed E-state index contributed by atoms with van der Waals surface area (Å²) in [5, 5.41) is 0. The minimum atomic E-state index is -0.0727. The van der Waals surface area contributed by atoms with E-state index in [0.29, 0.717) is 31.1 Å². The number of benzene rings is 1. The molecule has 1 aliphatic rings. The number of ether oxygens (including phenoxy) is 2. The van der Waals surface area contributed by atoms with Crippen LogP contribution in [0.1, 0.15) is 35.3 Å². The minimum Gasteiger partial charge on any atom is -0.496 e. The van der Waals surface area contributed by atoms with Crippen LogP contribution in [0.4, 0.5) is 0 Å². The van der Waals surface area contributed by atoms with Crippen molar-refractivity contribution in [1.29, 1.82) is 0 Å². The summed E-state index contributed by atoms with van der Waals surface area (Å²) in [7, 11) is 1.68. The Kier molecular flexibility index (Phi) is 4.99. The van der Waals surface area contributed by atoms with Crippen LogP contribution in [0.3, 0.4) is 0 Å². The van der Waals surface area contributed by atoms with Crippen LogP contribution in [0.15, 0.2) is 42.6 Å². The molecule has 1 aromatic carbocycles. The summed E-state index contributed by atoms with van der Waals surface area (Å²) >= 11 is 0. The van der Waals surface area contributed by atoms with Gasteiger partial charge in [0.15, 0.2) is 11.4 Å². The predicted molar refractivity (Wildman–Crippen MR) is 91.7 cm³/mol. The van der Waals surface area contributed by atoms with E-state index < -0.39 is 0 Å². The zero-order chi connectivity index (χ0) is 16.9. The van der Waals surface area contributed by atoms with Crippen molar-refractivity contribution >= 4 is 5.91 Å². The molecule has 1 aromatic heterocycles. The number of amides is 1. The van der Waals surface area contributed by atoms with Crippen LogP contribution in [0.25, 0.3) is 0 Å². The van der Waals surface area contributed by atoms with Gasteiger partial charge in [-0.3, -0.25) is 4.79 Å². The normalized spacial score (nSPS) is 16.9. The highest BCUT2D eigenvalue weighted by Gasteiger charge is 2.31. The van der Waals surface area contributed by atoms with E-state index in [9.17, 15) is 4.79 Å². The van der Waals surface area contributed by atoms with Crippen molar-refractivity contribution in [3.63, 3.8) is 0 Å². The maximum atomic E-state index is 12.8. The van der Waals surface area contributed by atoms with Crippen molar-refractivity contribution in [2.75, 3.05) is 26.8 Å². The molecule has 0 N–H and O–H groups in total. The van der Waals surface area contributed by atoms with Crippen LogP contribution in [-0.2, 0) is 0 Å². The van der Waals surface area contributed by atoms with Gasteiger partial charge in [-0.25, -0.2) is 4.98 Å². The smallest absolute Gasteiger partial charge is 0.276 e. The van der Waals surface area contributed by atoms with Gasteiger partial charge in [-0.15, -0.1) is 0 Å². The molecule has 5 heteroatoms. The summed E-state index contributed by atoms with van der Waals surface area (Å²) in [5.41, 5.74) is 1.54. The van der Waals surface area contributed by atoms with Crippen molar-refractivity contribution in [3.05, 3.63) is 53.9 Å². The molecular formula is C19H22N2O3. The Morgan fingerprint density at radius 2 is 2.04 bits per heavy atom. The molecular weight excluding hydrogens is 304 g/mol. The number of hydrogen-bond donors (Lipinski definition) is 0. The van der Waals surface area contributed by atoms with E-state index in [4.69, 9.17) is 9.47 Å². The van der Waals surface area contributed by atoms with E-state index in [1.807, 2.05) is 30.0 Å². The second-order valence-corrected chi connectivity index (χ2v) is 5.76. The number of hydrogen-bond acceptors (Lipinski definition) is 4. The Morgan fingerprint density at radius 1 is 1.25 bits per heavy atom. The maximum Gasteiger partial charge on any atom is 0.276 e. The summed E-state index contributed by atoms with van der Waals surface area (Å²) in [4.78, 5) is 18.9. The monoisotopic (exact) mass is 326 g/mol. The number of rotatable bonds is 5. The molecule has 5 nitrogen and oxygen atoms in total. The fourth-order valence-corrected chi connectivity index (χ4v) is 3.18. The lowest BCUT2D eigenvalue weighted by Crippen LogP contribution is -2.29. The molecule has 0 aliphatic carbocycles. The second kappa shape index (κ2) is 7.34. The largest absolute Gasteiger partial charge is 0.496 e. The minimum absolute atomic E-state index is 0.0727. The number of nitrogens with zero attached hydrogens (tertiary/aromatic N) is 2. The van der Waals surface area contributed by atoms with Crippen LogP contribution in [0, 0.1) is 0 Å². The predicted octanol–water partition coefficient (Wildman–Crippen LogP) is 3.12. The fourth-order valence-electron chi connectivity index (χ4n) is 3.18. The number of para-hydroxylation sites is 1. The Balaban J connectivity index is 1.77. The molecule has 126 valence electrons. The number of carbonyl (C=O) groups excluding carboxylic acids is 1. The third-order valence-electron chi connectivity index (χ3n) is 4.33. The Labute approximate surface area is 142 Å². The van der Waals surface area contributed by atoms with Gasteiger partial charge in [0.1, 0.15) is 5.75 Å². The topological polar surface area (TPSA) is 51.7 Å². The van der Waals surface area contributed by atoms with Crippen molar-refractivity contribution in [2.24, 2.45) is 0 Å². The van der Waals surface area contributed by atoms with Crippen molar-refractivity contribution in [3.8, 4) is 11.5 Å². The fraction of sp³-hybridized carbons (Fsp3) is 0.368. The van der Waals surface area contributed by atoms with Gasteiger partial charge >= 0.3 is 0 Å². The molecule has 0 saturated carbocycles. The van der Waals surface area contributed by atoms with Crippen LogP contribution < -0.4 is 9.47 Å². The third-order valence-corrected chi connectivity index (χ3v) is 4.33. The summed E-state index contributed by atoms with van der Waals surface area (Å²) in [6, 6.07) is 11.6. The first kappa shape index (κ1) is 16.3. The van der Waals surface area contributed by atoms with Crippen molar-refractivity contribution < 1.29 is 14.3 Å². The zero-order valence-corrected chi connectivity index (χ0v) is 14.1. The summed E-state index contributed by atoms with van der Waals surface area (Å²) < 4.78 is 11.0. The van der Waals surface area contributed by atoms with Gasteiger partial charge in [-0.05, 0) is 37.1 Å². The first-order chi connectivity index (χ1) is 11.7. The summed E-state index contributed by atoms with van der Waals surface area (Å²) in [5.74, 6) is 1.64. The average Bonchev–Trinajstić information content (AvgIpc) is 3.12. The lowest BCUT2D eigenvalue weighted by molar-refractivity contribution is 0.0780. The standard InChI is InChI=1S/C19H22N2O3/c1-3-24-17-9-6-11-20-18(17)19(22)21-12-10-14(13-21)15-7-4-5-8-16(15)23-2/h4-9,11,14H,3,10,12-13H2,1-2H3. The Bertz CT molecular complexity index is 717. The molecule has 2 heterocycles. The SMILES string of the molecule is CCOc1cccnc1C(=O)N1CCC(c2ccccc2OC)C1. The summed E-state index contributed by atoms with van der Waals surface area (Å²) in [6.45, 7) is 3.79. The van der Waals surface area contributed by atoms with Gasteiger partial charge in [0.25, 0.3) is 5.91 Å². The molecule has 24 heavy (non-hydrogen) atoms. The molecule has 0 spiro atoms. The van der Waals surface area contributed by atoms with E-state index in [-0.39, 0.29) is 11.8 Å². The van der Waals surface area contributed by atoms with Gasteiger partial charge in [0, 0.05) is 25.2 Å².